The molecule has 0 atom stereocenters. The summed E-state index contributed by atoms with van der Waals surface area (Å²) in [5.41, 5.74) is 14.6. The maximum absolute atomic E-state index is 13.9. The molecule has 0 spiro atoms. The average Bonchev–Trinajstić information content (AvgIpc) is 1.70. The van der Waals surface area contributed by atoms with Gasteiger partial charge >= 0.3 is 0 Å². The van der Waals surface area contributed by atoms with Gasteiger partial charge in [0.2, 0.25) is 33.7 Å². The van der Waals surface area contributed by atoms with Gasteiger partial charge < -0.3 is 49.3 Å². The van der Waals surface area contributed by atoms with Gasteiger partial charge in [0.25, 0.3) is 0 Å². The van der Waals surface area contributed by atoms with E-state index in [2.05, 4.69) is 48.1 Å². The van der Waals surface area contributed by atoms with E-state index in [0.29, 0.717) is 68.9 Å². The molecule has 10 aromatic rings. The number of pyridine rings is 1. The number of halogens is 4. The van der Waals surface area contributed by atoms with Crippen LogP contribution in [0.2, 0.25) is 5.02 Å². The average molecular weight is 1360 g/mol. The highest BCUT2D eigenvalue weighted by Gasteiger charge is 2.26. The molecule has 0 saturated carbocycles. The lowest BCUT2D eigenvalue weighted by atomic mass is 9.89. The second-order valence-electron chi connectivity index (χ2n) is 24.7. The van der Waals surface area contributed by atoms with Crippen molar-refractivity contribution in [1.29, 1.82) is 0 Å². The van der Waals surface area contributed by atoms with Gasteiger partial charge in [-0.15, -0.1) is 0 Å². The van der Waals surface area contributed by atoms with Crippen LogP contribution < -0.4 is 4.74 Å². The molecule has 1 fully saturated rings. The number of amides is 4. The molecule has 0 bridgehead atoms. The summed E-state index contributed by atoms with van der Waals surface area (Å²) in [6.07, 6.45) is 27.9. The first-order valence-corrected chi connectivity index (χ1v) is 34.6. The Bertz CT molecular complexity index is 4840. The zero-order valence-corrected chi connectivity index (χ0v) is 56.7. The van der Waals surface area contributed by atoms with E-state index in [1.54, 1.807) is 39.0 Å². The first-order valence-electron chi connectivity index (χ1n) is 32.4. The number of benzene rings is 4. The number of hydrogen-bond acceptors (Lipinski definition) is 8. The lowest BCUT2D eigenvalue weighted by Crippen LogP contribution is -2.36. The van der Waals surface area contributed by atoms with Crippen molar-refractivity contribution in [3.05, 3.63) is 191 Å². The predicted octanol–water partition coefficient (Wildman–Crippen LogP) is 14.0. The lowest BCUT2D eigenvalue weighted by Gasteiger charge is -2.31. The van der Waals surface area contributed by atoms with E-state index in [9.17, 15) is 40.8 Å². The maximum atomic E-state index is 13.9. The normalized spacial score (nSPS) is 16.2. The molecule has 4 amide bonds. The van der Waals surface area contributed by atoms with Gasteiger partial charge in [-0.25, -0.2) is 21.6 Å². The third kappa shape index (κ3) is 15.8. The summed E-state index contributed by atoms with van der Waals surface area (Å²) in [5.74, 6) is 0.379. The van der Waals surface area contributed by atoms with Gasteiger partial charge in [-0.05, 0) is 121 Å². The number of hydrogen-bond donors (Lipinski definition) is 5. The van der Waals surface area contributed by atoms with Crippen molar-refractivity contribution < 1.29 is 45.5 Å². The fourth-order valence-electron chi connectivity index (χ4n) is 13.4. The van der Waals surface area contributed by atoms with Crippen LogP contribution in [0.1, 0.15) is 100.0 Å². The molecule has 5 N–H and O–H groups in total. The molecule has 0 unspecified atom stereocenters. The minimum atomic E-state index is -3.12. The number of piperidine rings is 1. The summed E-state index contributed by atoms with van der Waals surface area (Å²) in [6, 6.07) is 20.9. The Morgan fingerprint density at radius 1 is 0.526 bits per heavy atom. The number of nitrogens with one attached hydrogen (secondary N) is 5. The molecule has 0 radical (unpaired) electrons. The minimum Gasteiger partial charge on any atom is -0.496 e. The van der Waals surface area contributed by atoms with Crippen molar-refractivity contribution in [3.8, 4) is 5.75 Å². The van der Waals surface area contributed by atoms with Crippen LogP contribution in [0, 0.1) is 17.5 Å². The van der Waals surface area contributed by atoms with Gasteiger partial charge in [0.15, 0.2) is 0 Å². The number of ether oxygens (including phenoxy) is 1. The van der Waals surface area contributed by atoms with Crippen molar-refractivity contribution >= 4 is 122 Å². The summed E-state index contributed by atoms with van der Waals surface area (Å²) >= 11 is 6.17. The zero-order valence-electron chi connectivity index (χ0n) is 55.1. The van der Waals surface area contributed by atoms with E-state index in [1.165, 1.54) is 68.9 Å². The van der Waals surface area contributed by atoms with E-state index >= 15 is 0 Å². The Morgan fingerprint density at radius 3 is 1.63 bits per heavy atom. The topological polar surface area (TPSA) is 220 Å². The molecule has 506 valence electrons. The monoisotopic (exact) mass is 1360 g/mol. The van der Waals surface area contributed by atoms with Crippen LogP contribution in [0.25, 0.3) is 76.8 Å². The third-order valence-electron chi connectivity index (χ3n) is 18.8. The number of carbonyl (C=O) groups is 4. The van der Waals surface area contributed by atoms with Gasteiger partial charge in [-0.1, -0.05) is 54.1 Å². The summed E-state index contributed by atoms with van der Waals surface area (Å²) in [4.78, 5) is 72.4. The fourth-order valence-corrected chi connectivity index (χ4v) is 14.4. The van der Waals surface area contributed by atoms with Crippen molar-refractivity contribution in [3.63, 3.8) is 0 Å². The van der Waals surface area contributed by atoms with Crippen LogP contribution in [0.5, 0.6) is 5.75 Å². The number of H-pyrrole nitrogens is 5. The first-order chi connectivity index (χ1) is 46.6. The number of fused-ring (bicyclic) bond motifs is 5. The molecule has 97 heavy (non-hydrogen) atoms. The Balaban J connectivity index is 0.000000123. The molecular formula is C74H79ClF3N11O7S. The van der Waals surface area contributed by atoms with Gasteiger partial charge in [-0.2, -0.15) is 4.31 Å². The number of nitrogens with zero attached hydrogens (tertiary/aromatic N) is 6. The summed E-state index contributed by atoms with van der Waals surface area (Å²) < 4.78 is 70.3. The van der Waals surface area contributed by atoms with Crippen LogP contribution in [0.4, 0.5) is 13.2 Å². The maximum Gasteiger partial charge on any atom is 0.219 e. The highest BCUT2D eigenvalue weighted by Crippen LogP contribution is 2.38. The molecule has 6 aromatic heterocycles. The number of carbonyl (C=O) groups excluding carboxylic acids is 4. The third-order valence-corrected chi connectivity index (χ3v) is 20.4. The summed E-state index contributed by atoms with van der Waals surface area (Å²) in [7, 11) is -1.46. The van der Waals surface area contributed by atoms with Crippen LogP contribution in [0.15, 0.2) is 140 Å². The molecule has 11 heterocycles. The van der Waals surface area contributed by atoms with Gasteiger partial charge in [-0.3, -0.25) is 24.2 Å². The molecule has 4 aromatic carbocycles. The van der Waals surface area contributed by atoms with Gasteiger partial charge in [0.1, 0.15) is 23.2 Å². The van der Waals surface area contributed by atoms with Crippen LogP contribution >= 0.6 is 11.6 Å². The molecule has 23 heteroatoms. The number of sulfonamides is 1. The number of aromatic amines is 5. The minimum absolute atomic E-state index is 0.0347. The Kier molecular flexibility index (Phi) is 21.4. The Labute approximate surface area is 565 Å². The predicted molar refractivity (Wildman–Crippen MR) is 379 cm³/mol. The van der Waals surface area contributed by atoms with E-state index in [1.807, 2.05) is 106 Å². The molecule has 18 nitrogen and oxygen atoms in total. The van der Waals surface area contributed by atoms with Crippen LogP contribution in [-0.2, 0) is 29.2 Å². The standard InChI is InChI=1S/C15H15ClN2O.C15H14F2N2O.C15H17FN2O.C15H18N2O3S.C14H15N3O/c1-10(19)18-7-5-11(6-8-18)13-9-17-15-12(13)3-2-4-14(15)16;1-9(20)19-4-2-10(3-5-19)12-8-18-14-7-11(16)6-13(17)15(12)14;1-10(19)18-6-4-11(5-7-18)14-9-17-15-8-12(16)2-3-13(14)15;1-20-14-5-3-4-13-15(14)12(10-16-13)11-6-8-17(9-7-11)21(2,18)19;1-10(18)17-6-3-11(4-7-17)13-8-16-14-9-15-5-2-12(13)14/h2-5,9,17H,6-8H2,1H3;2,6-8,18H,3-5H2,1H3;2-3,8-9,11,17H,4-7H2,1H3;3-6,10,16H,7-9H2,1-2H3;2-3,5,8-9,16H,4,6-7H2,1H3. The highest BCUT2D eigenvalue weighted by atomic mass is 35.5. The summed E-state index contributed by atoms with van der Waals surface area (Å²) in [6.45, 7) is 13.1. The van der Waals surface area contributed by atoms with Crippen molar-refractivity contribution in [1.82, 2.24) is 53.8 Å². The van der Waals surface area contributed by atoms with Crippen molar-refractivity contribution in [2.45, 2.75) is 72.1 Å². The zero-order chi connectivity index (χ0) is 68.7. The number of rotatable bonds is 7. The first kappa shape index (κ1) is 68.7. The molecule has 5 aliphatic heterocycles. The largest absolute Gasteiger partial charge is 0.496 e. The van der Waals surface area contributed by atoms with E-state index < -0.39 is 21.7 Å². The Morgan fingerprint density at radius 2 is 1.05 bits per heavy atom. The van der Waals surface area contributed by atoms with Crippen molar-refractivity contribution in [2.75, 3.05) is 78.8 Å². The van der Waals surface area contributed by atoms with E-state index in [-0.39, 0.29) is 29.4 Å². The number of likely N-dealkylation sites (tertiary alicyclic amines) is 1. The summed E-state index contributed by atoms with van der Waals surface area (Å²) in [5, 5.41) is 5.66. The van der Waals surface area contributed by atoms with Gasteiger partial charge in [0, 0.05) is 197 Å². The van der Waals surface area contributed by atoms with Crippen LogP contribution in [0.3, 0.4) is 0 Å². The van der Waals surface area contributed by atoms with E-state index in [0.717, 1.165) is 129 Å². The lowest BCUT2D eigenvalue weighted by molar-refractivity contribution is -0.130. The van der Waals surface area contributed by atoms with Crippen molar-refractivity contribution in [2.24, 2.45) is 0 Å². The fraction of sp³-hybridized carbons (Fsp3) is 0.311. The Hall–Kier alpha value is -9.64. The quantitative estimate of drug-likeness (QED) is 0.103. The second-order valence-corrected chi connectivity index (χ2v) is 27.1. The highest BCUT2D eigenvalue weighted by molar-refractivity contribution is 7.88. The number of methoxy groups -OCH3 is 1. The van der Waals surface area contributed by atoms with E-state index in [4.69, 9.17) is 16.3 Å². The molecule has 5 aliphatic rings. The van der Waals surface area contributed by atoms with Crippen LogP contribution in [-0.4, -0.2) is 165 Å². The molecule has 15 rings (SSSR count). The smallest absolute Gasteiger partial charge is 0.219 e. The molecule has 1 saturated heterocycles. The SMILES string of the molecule is CC(=O)N1CC=C(c2c[nH]c3c(Cl)cccc23)CC1.CC(=O)N1CC=C(c2c[nH]c3cc(F)cc(F)c23)CC1.CC(=O)N1CC=C(c2c[nH]c3cnccc23)CC1.CC(=O)N1CCC(c2c[nH]c3cc(F)ccc23)CC1.COc1cccc2[nH]cc(C3=CCN(S(C)(=O)=O)CC3)c12. The molecular weight excluding hydrogens is 1280 g/mol. The second kappa shape index (κ2) is 30.2. The van der Waals surface area contributed by atoms with Gasteiger partial charge in [0.05, 0.1) is 41.1 Å². The molecule has 0 aliphatic carbocycles. The number of aromatic nitrogens is 6. The number of para-hydroxylation sites is 1.